The van der Waals surface area contributed by atoms with E-state index in [1.807, 2.05) is 18.2 Å². The molecule has 1 heteroatoms. The second-order valence-electron chi connectivity index (χ2n) is 4.20. The zero-order valence-corrected chi connectivity index (χ0v) is 8.53. The van der Waals surface area contributed by atoms with Crippen LogP contribution in [0.1, 0.15) is 0 Å². The van der Waals surface area contributed by atoms with Crippen molar-refractivity contribution >= 4 is 32.3 Å². The van der Waals surface area contributed by atoms with E-state index in [4.69, 9.17) is 0 Å². The largest absolute Gasteiger partial charge is 0.289 e. The molecule has 0 aliphatic carbocycles. The average molecular weight is 204 g/mol. The Labute approximate surface area is 91.6 Å². The van der Waals surface area contributed by atoms with Crippen LogP contribution in [-0.2, 0) is 0 Å². The van der Waals surface area contributed by atoms with E-state index in [1.165, 1.54) is 16.2 Å². The fourth-order valence-corrected chi connectivity index (χ4v) is 2.47. The van der Waals surface area contributed by atoms with E-state index in [-0.39, 0.29) is 5.43 Å². The summed E-state index contributed by atoms with van der Waals surface area (Å²) in [6.07, 6.45) is 0. The molecule has 0 saturated heterocycles. The van der Waals surface area contributed by atoms with Gasteiger partial charge in [0.1, 0.15) is 0 Å². The van der Waals surface area contributed by atoms with Gasteiger partial charge in [-0.2, -0.15) is 0 Å². The lowest BCUT2D eigenvalue weighted by Crippen LogP contribution is -1.75. The quantitative estimate of drug-likeness (QED) is 0.401. The molecule has 4 rings (SSSR count). The van der Waals surface area contributed by atoms with Crippen molar-refractivity contribution in [3.05, 3.63) is 58.8 Å². The van der Waals surface area contributed by atoms with Crippen LogP contribution in [0.15, 0.2) is 53.3 Å². The highest BCUT2D eigenvalue weighted by Gasteiger charge is 2.15. The Hall–Kier alpha value is -2.15. The molecule has 4 aromatic carbocycles. The lowest BCUT2D eigenvalue weighted by atomic mass is 10.0. The second kappa shape index (κ2) is 2.50. The van der Waals surface area contributed by atoms with Crippen molar-refractivity contribution in [2.24, 2.45) is 0 Å². The summed E-state index contributed by atoms with van der Waals surface area (Å²) in [5.74, 6) is 0. The van der Waals surface area contributed by atoms with Crippen molar-refractivity contribution in [3.63, 3.8) is 0 Å². The van der Waals surface area contributed by atoms with Gasteiger partial charge in [0.2, 0.25) is 0 Å². The van der Waals surface area contributed by atoms with Crippen LogP contribution >= 0.6 is 0 Å². The van der Waals surface area contributed by atoms with E-state index in [1.54, 1.807) is 0 Å². The molecule has 16 heavy (non-hydrogen) atoms. The first-order valence-electron chi connectivity index (χ1n) is 5.35. The second-order valence-corrected chi connectivity index (χ2v) is 4.20. The summed E-state index contributed by atoms with van der Waals surface area (Å²) in [7, 11) is 0. The minimum atomic E-state index is 0.213. The van der Waals surface area contributed by atoms with Crippen LogP contribution in [0.25, 0.3) is 32.3 Å². The zero-order valence-electron chi connectivity index (χ0n) is 8.53. The molecule has 0 saturated carbocycles. The average Bonchev–Trinajstić information content (AvgIpc) is 3.01. The number of hydrogen-bond donors (Lipinski definition) is 0. The molecule has 0 heterocycles. The summed E-state index contributed by atoms with van der Waals surface area (Å²) in [6, 6.07) is 16.4. The molecule has 74 valence electrons. The van der Waals surface area contributed by atoms with E-state index in [0.717, 1.165) is 16.2 Å². The normalized spacial score (nSPS) is 12.0. The lowest BCUT2D eigenvalue weighted by molar-refractivity contribution is 1.80. The molecule has 0 atom stereocenters. The number of rotatable bonds is 0. The molecule has 0 aromatic heterocycles. The predicted octanol–water partition coefficient (Wildman–Crippen LogP) is 3.38. The van der Waals surface area contributed by atoms with E-state index < -0.39 is 0 Å². The maximum Gasteiger partial charge on any atom is 0.195 e. The van der Waals surface area contributed by atoms with Gasteiger partial charge in [-0.25, -0.2) is 0 Å². The zero-order chi connectivity index (χ0) is 10.7. The summed E-state index contributed by atoms with van der Waals surface area (Å²) >= 11 is 0. The summed E-state index contributed by atoms with van der Waals surface area (Å²) in [5.41, 5.74) is 0.213. The SMILES string of the molecule is O=c1c2ccc3c4ccccc4ccc3c12. The maximum atomic E-state index is 11.5. The molecule has 0 radical (unpaired) electrons. The van der Waals surface area contributed by atoms with Gasteiger partial charge in [-0.3, -0.25) is 4.79 Å². The van der Waals surface area contributed by atoms with Gasteiger partial charge < -0.3 is 0 Å². The van der Waals surface area contributed by atoms with Crippen LogP contribution in [0.3, 0.4) is 0 Å². The van der Waals surface area contributed by atoms with Gasteiger partial charge >= 0.3 is 0 Å². The first kappa shape index (κ1) is 8.05. The van der Waals surface area contributed by atoms with Crippen LogP contribution in [0.5, 0.6) is 0 Å². The van der Waals surface area contributed by atoms with Gasteiger partial charge in [0, 0.05) is 10.8 Å². The topological polar surface area (TPSA) is 17.1 Å². The highest BCUT2D eigenvalue weighted by atomic mass is 16.1. The lowest BCUT2D eigenvalue weighted by Gasteiger charge is -2.01. The van der Waals surface area contributed by atoms with Gasteiger partial charge in [-0.1, -0.05) is 42.5 Å². The molecule has 4 aromatic rings. The Morgan fingerprint density at radius 2 is 1.38 bits per heavy atom. The van der Waals surface area contributed by atoms with Crippen molar-refractivity contribution in [1.82, 2.24) is 0 Å². The summed E-state index contributed by atoms with van der Waals surface area (Å²) in [6.45, 7) is 0. The van der Waals surface area contributed by atoms with Crippen LogP contribution in [-0.4, -0.2) is 0 Å². The third-order valence-corrected chi connectivity index (χ3v) is 3.34. The Bertz CT molecular complexity index is 861. The minimum absolute atomic E-state index is 0.213. The number of fused-ring (bicyclic) bond motifs is 5. The molecule has 0 aliphatic rings. The smallest absolute Gasteiger partial charge is 0.195 e. The molecule has 0 bridgehead atoms. The Balaban J connectivity index is 2.36. The first-order valence-corrected chi connectivity index (χ1v) is 5.35. The Morgan fingerprint density at radius 1 is 0.625 bits per heavy atom. The van der Waals surface area contributed by atoms with Gasteiger partial charge in [0.05, 0.1) is 0 Å². The standard InChI is InChI=1S/C15H8O/c16-15-13-8-7-11-10-4-2-1-3-9(10)5-6-12(11)14(13)15/h1-8H. The molecular weight excluding hydrogens is 196 g/mol. The highest BCUT2D eigenvalue weighted by Crippen LogP contribution is 2.31. The van der Waals surface area contributed by atoms with Crippen molar-refractivity contribution < 1.29 is 0 Å². The van der Waals surface area contributed by atoms with Crippen molar-refractivity contribution in [1.29, 1.82) is 0 Å². The molecule has 0 fully saturated rings. The Morgan fingerprint density at radius 3 is 2.31 bits per heavy atom. The van der Waals surface area contributed by atoms with Crippen molar-refractivity contribution in [2.75, 3.05) is 0 Å². The number of hydrogen-bond acceptors (Lipinski definition) is 1. The van der Waals surface area contributed by atoms with Crippen LogP contribution in [0, 0.1) is 0 Å². The fourth-order valence-electron chi connectivity index (χ4n) is 2.47. The van der Waals surface area contributed by atoms with Crippen molar-refractivity contribution in [3.8, 4) is 0 Å². The molecular formula is C15H8O. The van der Waals surface area contributed by atoms with Crippen molar-refractivity contribution in [2.45, 2.75) is 0 Å². The minimum Gasteiger partial charge on any atom is -0.289 e. The fraction of sp³-hybridized carbons (Fsp3) is 0. The summed E-state index contributed by atoms with van der Waals surface area (Å²) < 4.78 is 0. The molecule has 0 N–H and O–H groups in total. The summed E-state index contributed by atoms with van der Waals surface area (Å²) in [5, 5.41) is 6.54. The third-order valence-electron chi connectivity index (χ3n) is 3.34. The van der Waals surface area contributed by atoms with Gasteiger partial charge in [0.15, 0.2) is 5.43 Å². The van der Waals surface area contributed by atoms with Gasteiger partial charge in [0.25, 0.3) is 0 Å². The van der Waals surface area contributed by atoms with Gasteiger partial charge in [-0.05, 0) is 27.6 Å². The highest BCUT2D eigenvalue weighted by molar-refractivity contribution is 6.22. The van der Waals surface area contributed by atoms with Crippen LogP contribution < -0.4 is 5.43 Å². The summed E-state index contributed by atoms with van der Waals surface area (Å²) in [4.78, 5) is 11.5. The molecule has 0 amide bonds. The Kier molecular flexibility index (Phi) is 1.26. The van der Waals surface area contributed by atoms with Crippen LogP contribution in [0.4, 0.5) is 0 Å². The predicted molar refractivity (Wildman–Crippen MR) is 67.6 cm³/mol. The van der Waals surface area contributed by atoms with E-state index in [0.29, 0.717) is 0 Å². The molecule has 0 unspecified atom stereocenters. The monoisotopic (exact) mass is 204 g/mol. The molecule has 0 spiro atoms. The molecule has 0 aliphatic heterocycles. The maximum absolute atomic E-state index is 11.5. The number of benzene rings is 3. The van der Waals surface area contributed by atoms with E-state index >= 15 is 0 Å². The third kappa shape index (κ3) is 0.836. The molecule has 1 nitrogen and oxygen atoms in total. The van der Waals surface area contributed by atoms with E-state index in [9.17, 15) is 4.79 Å². The van der Waals surface area contributed by atoms with Gasteiger partial charge in [-0.15, -0.1) is 0 Å². The van der Waals surface area contributed by atoms with Crippen LogP contribution in [0.2, 0.25) is 0 Å². The van der Waals surface area contributed by atoms with E-state index in [2.05, 4.69) is 30.3 Å². The first-order chi connectivity index (χ1) is 7.86.